The molecule has 2 rings (SSSR count). The highest BCUT2D eigenvalue weighted by Crippen LogP contribution is 2.32. The molecule has 0 radical (unpaired) electrons. The summed E-state index contributed by atoms with van der Waals surface area (Å²) in [6.07, 6.45) is 6.97. The Morgan fingerprint density at radius 3 is 2.63 bits per heavy atom. The van der Waals surface area contributed by atoms with E-state index in [2.05, 4.69) is 24.2 Å². The minimum atomic E-state index is -0.0446. The Hall–Kier alpha value is -0.160. The van der Waals surface area contributed by atoms with Crippen LogP contribution < -0.4 is 5.32 Å². The summed E-state index contributed by atoms with van der Waals surface area (Å²) in [5.74, 6) is 0. The molecule has 2 unspecified atom stereocenters. The highest BCUT2D eigenvalue weighted by molar-refractivity contribution is 4.96. The smallest absolute Gasteiger partial charge is 0.0613 e. The van der Waals surface area contributed by atoms with Gasteiger partial charge in [-0.05, 0) is 52.1 Å². The van der Waals surface area contributed by atoms with Crippen molar-refractivity contribution in [2.75, 3.05) is 33.4 Å². The second-order valence-electron chi connectivity index (χ2n) is 6.23. The predicted molar refractivity (Wildman–Crippen MR) is 77.4 cm³/mol. The number of ether oxygens (including phenoxy) is 1. The average molecular weight is 270 g/mol. The Labute approximate surface area is 117 Å². The molecule has 1 saturated heterocycles. The minimum absolute atomic E-state index is 0.0446. The molecule has 0 aromatic carbocycles. The molecule has 0 amide bonds. The number of hydrogen-bond acceptors (Lipinski definition) is 4. The van der Waals surface area contributed by atoms with Gasteiger partial charge >= 0.3 is 0 Å². The molecule has 2 aliphatic rings. The Morgan fingerprint density at radius 2 is 2.00 bits per heavy atom. The molecule has 1 aliphatic heterocycles. The SMILES string of the molecule is CCNC1(CO)CCCC(N(C)C2CCOCC2)C1. The highest BCUT2D eigenvalue weighted by atomic mass is 16.5. The van der Waals surface area contributed by atoms with Gasteiger partial charge in [0.1, 0.15) is 0 Å². The monoisotopic (exact) mass is 270 g/mol. The lowest BCUT2D eigenvalue weighted by Crippen LogP contribution is -2.56. The fourth-order valence-electron chi connectivity index (χ4n) is 3.80. The summed E-state index contributed by atoms with van der Waals surface area (Å²) in [6, 6.07) is 1.26. The third kappa shape index (κ3) is 3.69. The zero-order chi connectivity index (χ0) is 13.7. The summed E-state index contributed by atoms with van der Waals surface area (Å²) in [7, 11) is 2.26. The summed E-state index contributed by atoms with van der Waals surface area (Å²) in [6.45, 7) is 5.14. The topological polar surface area (TPSA) is 44.7 Å². The van der Waals surface area contributed by atoms with Gasteiger partial charge in [-0.1, -0.05) is 6.92 Å². The van der Waals surface area contributed by atoms with Gasteiger partial charge in [0, 0.05) is 30.8 Å². The lowest BCUT2D eigenvalue weighted by molar-refractivity contribution is 0.00405. The van der Waals surface area contributed by atoms with Crippen molar-refractivity contribution in [1.82, 2.24) is 10.2 Å². The first-order valence-corrected chi connectivity index (χ1v) is 7.86. The lowest BCUT2D eigenvalue weighted by Gasteiger charge is -2.46. The van der Waals surface area contributed by atoms with Crippen molar-refractivity contribution in [3.05, 3.63) is 0 Å². The van der Waals surface area contributed by atoms with E-state index < -0.39 is 0 Å². The number of nitrogens with one attached hydrogen (secondary N) is 1. The third-order valence-corrected chi connectivity index (χ3v) is 5.02. The Balaban J connectivity index is 1.95. The first kappa shape index (κ1) is 15.2. The molecule has 4 heteroatoms. The van der Waals surface area contributed by atoms with Crippen LogP contribution in [-0.4, -0.2) is 61.0 Å². The van der Waals surface area contributed by atoms with Crippen LogP contribution in [-0.2, 0) is 4.74 Å². The van der Waals surface area contributed by atoms with E-state index in [4.69, 9.17) is 4.74 Å². The fraction of sp³-hybridized carbons (Fsp3) is 1.00. The lowest BCUT2D eigenvalue weighted by atomic mass is 9.78. The number of nitrogens with zero attached hydrogens (tertiary/aromatic N) is 1. The molecule has 2 atom stereocenters. The van der Waals surface area contributed by atoms with Crippen LogP contribution >= 0.6 is 0 Å². The standard InChI is InChI=1S/C15H30N2O2/c1-3-16-15(12-18)8-4-5-14(11-15)17(2)13-6-9-19-10-7-13/h13-14,16,18H,3-12H2,1-2H3. The van der Waals surface area contributed by atoms with Crippen molar-refractivity contribution >= 4 is 0 Å². The maximum Gasteiger partial charge on any atom is 0.0613 e. The zero-order valence-corrected chi connectivity index (χ0v) is 12.5. The Kier molecular flexibility index (Phi) is 5.63. The summed E-state index contributed by atoms with van der Waals surface area (Å²) >= 11 is 0. The van der Waals surface area contributed by atoms with E-state index in [9.17, 15) is 5.11 Å². The molecule has 1 saturated carbocycles. The number of aliphatic hydroxyl groups excluding tert-OH is 1. The van der Waals surface area contributed by atoms with Gasteiger partial charge in [-0.25, -0.2) is 0 Å². The van der Waals surface area contributed by atoms with Crippen molar-refractivity contribution in [3.63, 3.8) is 0 Å². The van der Waals surface area contributed by atoms with E-state index in [-0.39, 0.29) is 12.1 Å². The largest absolute Gasteiger partial charge is 0.394 e. The molecule has 0 aromatic rings. The molecule has 2 fully saturated rings. The Morgan fingerprint density at radius 1 is 1.26 bits per heavy atom. The summed E-state index contributed by atoms with van der Waals surface area (Å²) in [4.78, 5) is 2.56. The van der Waals surface area contributed by atoms with Crippen LogP contribution in [0.1, 0.15) is 45.4 Å². The van der Waals surface area contributed by atoms with Crippen LogP contribution in [0.2, 0.25) is 0 Å². The average Bonchev–Trinajstić information content (AvgIpc) is 2.48. The van der Waals surface area contributed by atoms with Gasteiger partial charge in [-0.2, -0.15) is 0 Å². The molecule has 1 heterocycles. The van der Waals surface area contributed by atoms with Crippen LogP contribution in [0.15, 0.2) is 0 Å². The van der Waals surface area contributed by atoms with Crippen molar-refractivity contribution < 1.29 is 9.84 Å². The van der Waals surface area contributed by atoms with E-state index >= 15 is 0 Å². The van der Waals surface area contributed by atoms with Crippen LogP contribution in [0, 0.1) is 0 Å². The first-order valence-electron chi connectivity index (χ1n) is 7.86. The molecular weight excluding hydrogens is 240 g/mol. The molecule has 0 aromatic heterocycles. The van der Waals surface area contributed by atoms with Crippen molar-refractivity contribution in [3.8, 4) is 0 Å². The zero-order valence-electron chi connectivity index (χ0n) is 12.5. The van der Waals surface area contributed by atoms with Gasteiger partial charge < -0.3 is 20.1 Å². The summed E-state index contributed by atoms with van der Waals surface area (Å²) in [5, 5.41) is 13.3. The molecule has 4 nitrogen and oxygen atoms in total. The van der Waals surface area contributed by atoms with Gasteiger partial charge in [-0.3, -0.25) is 0 Å². The van der Waals surface area contributed by atoms with Crippen molar-refractivity contribution in [1.29, 1.82) is 0 Å². The van der Waals surface area contributed by atoms with Gasteiger partial charge in [-0.15, -0.1) is 0 Å². The number of aliphatic hydroxyl groups is 1. The quantitative estimate of drug-likeness (QED) is 0.792. The van der Waals surface area contributed by atoms with Gasteiger partial charge in [0.25, 0.3) is 0 Å². The van der Waals surface area contributed by atoms with Crippen LogP contribution in [0.4, 0.5) is 0 Å². The van der Waals surface area contributed by atoms with Crippen molar-refractivity contribution in [2.45, 2.75) is 63.1 Å². The third-order valence-electron chi connectivity index (χ3n) is 5.02. The fourth-order valence-corrected chi connectivity index (χ4v) is 3.80. The first-order chi connectivity index (χ1) is 9.21. The molecule has 0 bridgehead atoms. The van der Waals surface area contributed by atoms with Gasteiger partial charge in [0.2, 0.25) is 0 Å². The molecule has 19 heavy (non-hydrogen) atoms. The highest BCUT2D eigenvalue weighted by Gasteiger charge is 2.38. The van der Waals surface area contributed by atoms with Crippen molar-refractivity contribution in [2.24, 2.45) is 0 Å². The molecular formula is C15H30N2O2. The molecule has 112 valence electrons. The summed E-state index contributed by atoms with van der Waals surface area (Å²) < 4.78 is 5.46. The van der Waals surface area contributed by atoms with Crippen LogP contribution in [0.5, 0.6) is 0 Å². The van der Waals surface area contributed by atoms with E-state index in [0.29, 0.717) is 12.1 Å². The van der Waals surface area contributed by atoms with Gasteiger partial charge in [0.05, 0.1) is 6.61 Å². The molecule has 1 aliphatic carbocycles. The minimum Gasteiger partial charge on any atom is -0.394 e. The van der Waals surface area contributed by atoms with E-state index in [1.54, 1.807) is 0 Å². The second-order valence-corrected chi connectivity index (χ2v) is 6.23. The van der Waals surface area contributed by atoms with Crippen LogP contribution in [0.3, 0.4) is 0 Å². The number of hydrogen-bond donors (Lipinski definition) is 2. The van der Waals surface area contributed by atoms with E-state index in [0.717, 1.165) is 45.4 Å². The number of rotatable bonds is 5. The van der Waals surface area contributed by atoms with E-state index in [1.807, 2.05) is 0 Å². The Bertz CT molecular complexity index is 265. The summed E-state index contributed by atoms with van der Waals surface area (Å²) in [5.41, 5.74) is -0.0446. The van der Waals surface area contributed by atoms with E-state index in [1.165, 1.54) is 12.8 Å². The predicted octanol–water partition coefficient (Wildman–Crippen LogP) is 1.38. The number of likely N-dealkylation sites (N-methyl/N-ethyl adjacent to an activating group) is 1. The molecule has 0 spiro atoms. The maximum absolute atomic E-state index is 9.78. The van der Waals surface area contributed by atoms with Gasteiger partial charge in [0.15, 0.2) is 0 Å². The second kappa shape index (κ2) is 7.02. The normalized spacial score (nSPS) is 33.8. The van der Waals surface area contributed by atoms with Crippen LogP contribution in [0.25, 0.3) is 0 Å². The molecule has 2 N–H and O–H groups in total. The maximum atomic E-state index is 9.78.